The van der Waals surface area contributed by atoms with E-state index in [2.05, 4.69) is 24.4 Å². The summed E-state index contributed by atoms with van der Waals surface area (Å²) in [5.41, 5.74) is 3.34. The molecule has 0 aliphatic rings. The van der Waals surface area contributed by atoms with Crippen molar-refractivity contribution in [3.63, 3.8) is 0 Å². The second-order valence-corrected chi connectivity index (χ2v) is 7.11. The largest absolute Gasteiger partial charge is 0.494 e. The number of nitrogens with one attached hydrogen (secondary N) is 1. The van der Waals surface area contributed by atoms with E-state index in [0.717, 1.165) is 22.4 Å². The minimum atomic E-state index is -0.160. The van der Waals surface area contributed by atoms with Gasteiger partial charge in [-0.25, -0.2) is 0 Å². The Morgan fingerprint density at radius 3 is 2.36 bits per heavy atom. The molecular formula is C24H24ClNO2. The van der Waals surface area contributed by atoms with Crippen LogP contribution >= 0.6 is 11.6 Å². The summed E-state index contributed by atoms with van der Waals surface area (Å²) in [4.78, 5) is 12.6. The Kier molecular flexibility index (Phi) is 7.10. The van der Waals surface area contributed by atoms with Crippen molar-refractivity contribution in [2.45, 2.75) is 25.8 Å². The van der Waals surface area contributed by atoms with Crippen LogP contribution < -0.4 is 10.1 Å². The van der Waals surface area contributed by atoms with E-state index in [9.17, 15) is 4.79 Å². The van der Waals surface area contributed by atoms with Crippen molar-refractivity contribution in [2.24, 2.45) is 0 Å². The van der Waals surface area contributed by atoms with Gasteiger partial charge < -0.3 is 10.1 Å². The third-order valence-electron chi connectivity index (χ3n) is 4.57. The zero-order valence-corrected chi connectivity index (χ0v) is 16.7. The minimum absolute atomic E-state index is 0.0109. The van der Waals surface area contributed by atoms with Crippen molar-refractivity contribution in [2.75, 3.05) is 6.61 Å². The fourth-order valence-corrected chi connectivity index (χ4v) is 3.21. The molecular weight excluding hydrogens is 370 g/mol. The van der Waals surface area contributed by atoms with Gasteiger partial charge in [-0.3, -0.25) is 4.79 Å². The molecule has 0 saturated heterocycles. The molecule has 0 aromatic heterocycles. The highest BCUT2D eigenvalue weighted by molar-refractivity contribution is 6.30. The number of ether oxygens (including phenoxy) is 1. The van der Waals surface area contributed by atoms with Crippen LogP contribution in [0.25, 0.3) is 0 Å². The Bertz CT molecular complexity index is 894. The molecule has 3 aromatic rings. The number of rotatable bonds is 8. The molecule has 3 rings (SSSR count). The SMILES string of the molecule is Cc1ccccc1[C@H](NC(=O)CCCOc1ccc(Cl)cc1)c1ccccc1. The van der Waals surface area contributed by atoms with Gasteiger partial charge in [0, 0.05) is 11.4 Å². The fourth-order valence-electron chi connectivity index (χ4n) is 3.08. The highest BCUT2D eigenvalue weighted by atomic mass is 35.5. The van der Waals surface area contributed by atoms with Crippen LogP contribution in [0.15, 0.2) is 78.9 Å². The van der Waals surface area contributed by atoms with Crippen molar-refractivity contribution in [1.82, 2.24) is 5.32 Å². The lowest BCUT2D eigenvalue weighted by Crippen LogP contribution is -2.29. The summed E-state index contributed by atoms with van der Waals surface area (Å²) < 4.78 is 5.67. The Morgan fingerprint density at radius 1 is 0.964 bits per heavy atom. The van der Waals surface area contributed by atoms with Crippen LogP contribution in [0.2, 0.25) is 5.02 Å². The first-order valence-electron chi connectivity index (χ1n) is 9.41. The second-order valence-electron chi connectivity index (χ2n) is 6.67. The zero-order chi connectivity index (χ0) is 19.8. The molecule has 28 heavy (non-hydrogen) atoms. The lowest BCUT2D eigenvalue weighted by molar-refractivity contribution is -0.121. The average molecular weight is 394 g/mol. The Morgan fingerprint density at radius 2 is 1.64 bits per heavy atom. The summed E-state index contributed by atoms with van der Waals surface area (Å²) in [6.07, 6.45) is 1.05. The maximum Gasteiger partial charge on any atom is 0.220 e. The maximum atomic E-state index is 12.6. The van der Waals surface area contributed by atoms with Crippen molar-refractivity contribution in [3.8, 4) is 5.75 Å². The van der Waals surface area contributed by atoms with Gasteiger partial charge in [-0.15, -0.1) is 0 Å². The van der Waals surface area contributed by atoms with E-state index in [1.54, 1.807) is 12.1 Å². The highest BCUT2D eigenvalue weighted by Crippen LogP contribution is 2.25. The quantitative estimate of drug-likeness (QED) is 0.497. The maximum absolute atomic E-state index is 12.6. The molecule has 0 aliphatic carbocycles. The second kappa shape index (κ2) is 9.95. The third kappa shape index (κ3) is 5.61. The number of amides is 1. The van der Waals surface area contributed by atoms with Crippen LogP contribution in [0.3, 0.4) is 0 Å². The summed E-state index contributed by atoms with van der Waals surface area (Å²) in [6, 6.07) is 25.3. The molecule has 1 amide bonds. The lowest BCUT2D eigenvalue weighted by Gasteiger charge is -2.21. The van der Waals surface area contributed by atoms with E-state index in [1.807, 2.05) is 54.6 Å². The van der Waals surface area contributed by atoms with Gasteiger partial charge in [0.1, 0.15) is 5.75 Å². The van der Waals surface area contributed by atoms with Crippen molar-refractivity contribution in [3.05, 3.63) is 101 Å². The average Bonchev–Trinajstić information content (AvgIpc) is 2.72. The number of carbonyl (C=O) groups excluding carboxylic acids is 1. The van der Waals surface area contributed by atoms with Crippen LogP contribution in [0.5, 0.6) is 5.75 Å². The molecule has 1 N–H and O–H groups in total. The van der Waals surface area contributed by atoms with E-state index < -0.39 is 0 Å². The Balaban J connectivity index is 1.59. The Hall–Kier alpha value is -2.78. The van der Waals surface area contributed by atoms with E-state index in [0.29, 0.717) is 24.5 Å². The monoisotopic (exact) mass is 393 g/mol. The first-order valence-corrected chi connectivity index (χ1v) is 9.79. The molecule has 0 aliphatic heterocycles. The minimum Gasteiger partial charge on any atom is -0.494 e. The molecule has 0 radical (unpaired) electrons. The molecule has 4 heteroatoms. The van der Waals surface area contributed by atoms with E-state index in [1.165, 1.54) is 0 Å². The van der Waals surface area contributed by atoms with Gasteiger partial charge in [-0.05, 0) is 54.3 Å². The number of halogens is 1. The summed E-state index contributed by atoms with van der Waals surface area (Å²) in [6.45, 7) is 2.55. The van der Waals surface area contributed by atoms with Gasteiger partial charge in [0.05, 0.1) is 12.6 Å². The van der Waals surface area contributed by atoms with Gasteiger partial charge in [0.15, 0.2) is 0 Å². The standard InChI is InChI=1S/C24H24ClNO2/c1-18-8-5-6-11-22(18)24(19-9-3-2-4-10-19)26-23(27)12-7-17-28-21-15-13-20(25)14-16-21/h2-6,8-11,13-16,24H,7,12,17H2,1H3,(H,26,27)/t24-/m1/s1. The van der Waals surface area contributed by atoms with Gasteiger partial charge in [-0.2, -0.15) is 0 Å². The van der Waals surface area contributed by atoms with Crippen LogP contribution in [0, 0.1) is 6.92 Å². The molecule has 0 saturated carbocycles. The molecule has 3 aromatic carbocycles. The fraction of sp³-hybridized carbons (Fsp3) is 0.208. The summed E-state index contributed by atoms with van der Waals surface area (Å²) >= 11 is 5.87. The van der Waals surface area contributed by atoms with Gasteiger partial charge in [0.2, 0.25) is 5.91 Å². The summed E-state index contributed by atoms with van der Waals surface area (Å²) in [5.74, 6) is 0.767. The van der Waals surface area contributed by atoms with Gasteiger partial charge in [-0.1, -0.05) is 66.2 Å². The molecule has 0 heterocycles. The molecule has 1 atom stereocenters. The summed E-state index contributed by atoms with van der Waals surface area (Å²) in [7, 11) is 0. The molecule has 0 spiro atoms. The lowest BCUT2D eigenvalue weighted by atomic mass is 9.95. The van der Waals surface area contributed by atoms with Gasteiger partial charge >= 0.3 is 0 Å². The molecule has 0 fully saturated rings. The van der Waals surface area contributed by atoms with Crippen molar-refractivity contribution < 1.29 is 9.53 Å². The topological polar surface area (TPSA) is 38.3 Å². The molecule has 144 valence electrons. The normalized spacial score (nSPS) is 11.6. The number of hydrogen-bond donors (Lipinski definition) is 1. The van der Waals surface area contributed by atoms with E-state index >= 15 is 0 Å². The number of carbonyl (C=O) groups is 1. The van der Waals surface area contributed by atoms with E-state index in [-0.39, 0.29) is 11.9 Å². The molecule has 0 bridgehead atoms. The molecule has 0 unspecified atom stereocenters. The number of benzene rings is 3. The van der Waals surface area contributed by atoms with Crippen LogP contribution in [-0.4, -0.2) is 12.5 Å². The van der Waals surface area contributed by atoms with E-state index in [4.69, 9.17) is 16.3 Å². The van der Waals surface area contributed by atoms with Gasteiger partial charge in [0.25, 0.3) is 0 Å². The van der Waals surface area contributed by atoms with Crippen molar-refractivity contribution in [1.29, 1.82) is 0 Å². The molecule has 3 nitrogen and oxygen atoms in total. The zero-order valence-electron chi connectivity index (χ0n) is 15.9. The Labute approximate surface area is 171 Å². The smallest absolute Gasteiger partial charge is 0.220 e. The predicted octanol–water partition coefficient (Wildman–Crippen LogP) is 5.71. The summed E-state index contributed by atoms with van der Waals surface area (Å²) in [5, 5.41) is 3.86. The number of aryl methyl sites for hydroxylation is 1. The number of hydrogen-bond acceptors (Lipinski definition) is 2. The first kappa shape index (κ1) is 20.0. The predicted molar refractivity (Wildman–Crippen MR) is 114 cm³/mol. The van der Waals surface area contributed by atoms with Crippen LogP contribution in [0.1, 0.15) is 35.6 Å². The van der Waals surface area contributed by atoms with Crippen molar-refractivity contribution >= 4 is 17.5 Å². The van der Waals surface area contributed by atoms with Crippen LogP contribution in [0.4, 0.5) is 0 Å². The highest BCUT2D eigenvalue weighted by Gasteiger charge is 2.18. The third-order valence-corrected chi connectivity index (χ3v) is 4.82. The first-order chi connectivity index (χ1) is 13.6. The van der Waals surface area contributed by atoms with Crippen LogP contribution in [-0.2, 0) is 4.79 Å².